The molecule has 1 saturated heterocycles. The molecule has 0 aromatic carbocycles. The monoisotopic (exact) mass is 184 g/mol. The van der Waals surface area contributed by atoms with E-state index >= 15 is 0 Å². The molecule has 1 aliphatic heterocycles. The molecule has 0 spiro atoms. The maximum Gasteiger partial charge on any atom is 0.00843 e. The predicted molar refractivity (Wildman–Crippen MR) is 57.7 cm³/mol. The van der Waals surface area contributed by atoms with Gasteiger partial charge in [0.15, 0.2) is 0 Å². The zero-order valence-corrected chi connectivity index (χ0v) is 9.05. The maximum atomic E-state index is 6.04. The summed E-state index contributed by atoms with van der Waals surface area (Å²) < 4.78 is 0. The number of piperidine rings is 1. The fourth-order valence-electron chi connectivity index (χ4n) is 2.40. The largest absolute Gasteiger partial charge is 0.328 e. The van der Waals surface area contributed by atoms with Gasteiger partial charge < -0.3 is 11.1 Å². The Balaban J connectivity index is 2.33. The third-order valence-corrected chi connectivity index (χ3v) is 2.92. The molecule has 1 heterocycles. The van der Waals surface area contributed by atoms with Gasteiger partial charge in [0.2, 0.25) is 0 Å². The Labute approximate surface area is 82.3 Å². The molecule has 2 unspecified atom stereocenters. The number of hydrogen-bond acceptors (Lipinski definition) is 2. The molecule has 0 radical (unpaired) electrons. The van der Waals surface area contributed by atoms with Crippen molar-refractivity contribution < 1.29 is 0 Å². The van der Waals surface area contributed by atoms with Gasteiger partial charge in [-0.3, -0.25) is 0 Å². The normalized spacial score (nSPS) is 34.8. The minimum absolute atomic E-state index is 0.439. The first-order valence-corrected chi connectivity index (χ1v) is 5.77. The molecule has 0 aromatic heterocycles. The third kappa shape index (κ3) is 3.65. The SMILES string of the molecule is CCCC1CC(N)CC(CCC)N1. The molecular formula is C11H24N2. The standard InChI is InChI=1S/C11H24N2/c1-3-5-10-7-9(12)8-11(13-10)6-4-2/h9-11,13H,3-8,12H2,1-2H3. The van der Waals surface area contributed by atoms with Gasteiger partial charge >= 0.3 is 0 Å². The van der Waals surface area contributed by atoms with Crippen molar-refractivity contribution in [3.05, 3.63) is 0 Å². The summed E-state index contributed by atoms with van der Waals surface area (Å²) in [6.45, 7) is 4.49. The summed E-state index contributed by atoms with van der Waals surface area (Å²) in [6, 6.07) is 1.81. The van der Waals surface area contributed by atoms with E-state index in [-0.39, 0.29) is 0 Å². The van der Waals surface area contributed by atoms with Gasteiger partial charge in [-0.05, 0) is 25.7 Å². The minimum Gasteiger partial charge on any atom is -0.328 e. The van der Waals surface area contributed by atoms with Crippen LogP contribution in [0.25, 0.3) is 0 Å². The van der Waals surface area contributed by atoms with E-state index in [4.69, 9.17) is 5.73 Å². The predicted octanol–water partition coefficient (Wildman–Crippen LogP) is 2.03. The molecule has 2 heteroatoms. The van der Waals surface area contributed by atoms with E-state index in [1.165, 1.54) is 38.5 Å². The number of hydrogen-bond donors (Lipinski definition) is 2. The first-order chi connectivity index (χ1) is 6.26. The second-order valence-corrected chi connectivity index (χ2v) is 4.37. The molecule has 2 atom stereocenters. The molecule has 13 heavy (non-hydrogen) atoms. The van der Waals surface area contributed by atoms with Crippen LogP contribution in [0.15, 0.2) is 0 Å². The van der Waals surface area contributed by atoms with Crippen LogP contribution in [-0.2, 0) is 0 Å². The summed E-state index contributed by atoms with van der Waals surface area (Å²) in [6.07, 6.45) is 7.45. The van der Waals surface area contributed by atoms with E-state index in [2.05, 4.69) is 19.2 Å². The van der Waals surface area contributed by atoms with Crippen LogP contribution in [0.5, 0.6) is 0 Å². The Kier molecular flexibility index (Phi) is 4.74. The van der Waals surface area contributed by atoms with Crippen LogP contribution in [0.4, 0.5) is 0 Å². The van der Waals surface area contributed by atoms with Gasteiger partial charge in [-0.25, -0.2) is 0 Å². The topological polar surface area (TPSA) is 38.0 Å². The maximum absolute atomic E-state index is 6.04. The van der Waals surface area contributed by atoms with Crippen molar-refractivity contribution in [3.8, 4) is 0 Å². The minimum atomic E-state index is 0.439. The first-order valence-electron chi connectivity index (χ1n) is 5.77. The quantitative estimate of drug-likeness (QED) is 0.701. The molecule has 0 amide bonds. The molecule has 2 nitrogen and oxygen atoms in total. The Morgan fingerprint density at radius 1 is 1.08 bits per heavy atom. The van der Waals surface area contributed by atoms with Gasteiger partial charge in [-0.2, -0.15) is 0 Å². The van der Waals surface area contributed by atoms with Crippen LogP contribution in [0.1, 0.15) is 52.4 Å². The van der Waals surface area contributed by atoms with Crippen LogP contribution in [0, 0.1) is 0 Å². The molecule has 78 valence electrons. The highest BCUT2D eigenvalue weighted by molar-refractivity contribution is 4.86. The number of nitrogens with two attached hydrogens (primary N) is 1. The highest BCUT2D eigenvalue weighted by Gasteiger charge is 2.24. The lowest BCUT2D eigenvalue weighted by atomic mass is 9.90. The lowest BCUT2D eigenvalue weighted by Gasteiger charge is -2.34. The van der Waals surface area contributed by atoms with Crippen molar-refractivity contribution >= 4 is 0 Å². The zero-order chi connectivity index (χ0) is 9.68. The van der Waals surface area contributed by atoms with E-state index < -0.39 is 0 Å². The van der Waals surface area contributed by atoms with Crippen LogP contribution in [-0.4, -0.2) is 18.1 Å². The molecule has 0 aromatic rings. The Morgan fingerprint density at radius 3 is 1.92 bits per heavy atom. The fourth-order valence-corrected chi connectivity index (χ4v) is 2.40. The molecule has 1 fully saturated rings. The lowest BCUT2D eigenvalue weighted by Crippen LogP contribution is -2.49. The van der Waals surface area contributed by atoms with E-state index in [0.717, 1.165) is 0 Å². The van der Waals surface area contributed by atoms with Gasteiger partial charge in [0, 0.05) is 18.1 Å². The van der Waals surface area contributed by atoms with Gasteiger partial charge in [0.1, 0.15) is 0 Å². The van der Waals surface area contributed by atoms with Crippen LogP contribution in [0.2, 0.25) is 0 Å². The van der Waals surface area contributed by atoms with Crippen LogP contribution in [0.3, 0.4) is 0 Å². The second-order valence-electron chi connectivity index (χ2n) is 4.37. The molecule has 1 rings (SSSR count). The van der Waals surface area contributed by atoms with E-state index in [1.54, 1.807) is 0 Å². The summed E-state index contributed by atoms with van der Waals surface area (Å²) >= 11 is 0. The number of nitrogens with one attached hydrogen (secondary N) is 1. The van der Waals surface area contributed by atoms with Gasteiger partial charge in [-0.15, -0.1) is 0 Å². The summed E-state index contributed by atoms with van der Waals surface area (Å²) in [5.41, 5.74) is 6.04. The molecule has 1 aliphatic rings. The smallest absolute Gasteiger partial charge is 0.00843 e. The van der Waals surface area contributed by atoms with E-state index in [0.29, 0.717) is 18.1 Å². The van der Waals surface area contributed by atoms with Gasteiger partial charge in [0.05, 0.1) is 0 Å². The van der Waals surface area contributed by atoms with Crippen molar-refractivity contribution in [3.63, 3.8) is 0 Å². The van der Waals surface area contributed by atoms with Crippen molar-refractivity contribution in [1.29, 1.82) is 0 Å². The molecule has 0 bridgehead atoms. The van der Waals surface area contributed by atoms with E-state index in [1.807, 2.05) is 0 Å². The Bertz CT molecular complexity index is 122. The first kappa shape index (κ1) is 11.0. The summed E-state index contributed by atoms with van der Waals surface area (Å²) in [5.74, 6) is 0. The van der Waals surface area contributed by atoms with Gasteiger partial charge in [0.25, 0.3) is 0 Å². The van der Waals surface area contributed by atoms with E-state index in [9.17, 15) is 0 Å². The lowest BCUT2D eigenvalue weighted by molar-refractivity contribution is 0.267. The summed E-state index contributed by atoms with van der Waals surface area (Å²) in [7, 11) is 0. The van der Waals surface area contributed by atoms with Crippen molar-refractivity contribution in [1.82, 2.24) is 5.32 Å². The Hall–Kier alpha value is -0.0800. The third-order valence-electron chi connectivity index (χ3n) is 2.92. The second kappa shape index (κ2) is 5.61. The van der Waals surface area contributed by atoms with Crippen molar-refractivity contribution in [2.75, 3.05) is 0 Å². The van der Waals surface area contributed by atoms with Crippen molar-refractivity contribution in [2.24, 2.45) is 5.73 Å². The number of rotatable bonds is 4. The van der Waals surface area contributed by atoms with Crippen molar-refractivity contribution in [2.45, 2.75) is 70.5 Å². The molecule has 3 N–H and O–H groups in total. The highest BCUT2D eigenvalue weighted by atomic mass is 15.0. The van der Waals surface area contributed by atoms with Crippen LogP contribution >= 0.6 is 0 Å². The molecule has 0 aliphatic carbocycles. The average molecular weight is 184 g/mol. The van der Waals surface area contributed by atoms with Crippen LogP contribution < -0.4 is 11.1 Å². The molecule has 0 saturated carbocycles. The average Bonchev–Trinajstić information content (AvgIpc) is 2.04. The molecular weight excluding hydrogens is 160 g/mol. The fraction of sp³-hybridized carbons (Fsp3) is 1.00. The van der Waals surface area contributed by atoms with Gasteiger partial charge in [-0.1, -0.05) is 26.7 Å². The Morgan fingerprint density at radius 2 is 1.54 bits per heavy atom. The zero-order valence-electron chi connectivity index (χ0n) is 9.05. The summed E-state index contributed by atoms with van der Waals surface area (Å²) in [5, 5.41) is 3.71. The highest BCUT2D eigenvalue weighted by Crippen LogP contribution is 2.18. The summed E-state index contributed by atoms with van der Waals surface area (Å²) in [4.78, 5) is 0.